The van der Waals surface area contributed by atoms with E-state index in [2.05, 4.69) is 25.9 Å². The summed E-state index contributed by atoms with van der Waals surface area (Å²) < 4.78 is 0.996. The van der Waals surface area contributed by atoms with E-state index in [1.165, 1.54) is 11.1 Å². The molecule has 1 aromatic carbocycles. The monoisotopic (exact) mass is 583 g/mol. The molecule has 0 bridgehead atoms. The van der Waals surface area contributed by atoms with E-state index >= 15 is 0 Å². The smallest absolute Gasteiger partial charge is 0.325 e. The quantitative estimate of drug-likeness (QED) is 0.288. The largest absolute Gasteiger partial charge is 0.480 e. The Hall–Kier alpha value is -4.17. The van der Waals surface area contributed by atoms with Crippen LogP contribution in [0.3, 0.4) is 0 Å². The van der Waals surface area contributed by atoms with E-state index in [4.69, 9.17) is 5.11 Å². The van der Waals surface area contributed by atoms with Crippen LogP contribution in [0.2, 0.25) is 0 Å². The zero-order valence-corrected chi connectivity index (χ0v) is 24.0. The molecule has 218 valence electrons. The van der Waals surface area contributed by atoms with Crippen molar-refractivity contribution in [2.24, 2.45) is 5.41 Å². The number of carbonyl (C=O) groups excluding carboxylic acids is 3. The van der Waals surface area contributed by atoms with E-state index < -0.39 is 53.8 Å². The number of nitrogens with one attached hydrogen (secondary N) is 2. The number of aromatic nitrogens is 4. The van der Waals surface area contributed by atoms with Gasteiger partial charge in [-0.1, -0.05) is 50.3 Å². The molecule has 3 heterocycles. The summed E-state index contributed by atoms with van der Waals surface area (Å²) in [4.78, 5) is 57.4. The Labute approximate surface area is 240 Å². The normalized spacial score (nSPS) is 17.7. The van der Waals surface area contributed by atoms with Crippen molar-refractivity contribution in [3.05, 3.63) is 52.9 Å². The number of hydrogen-bond donors (Lipinski definition) is 4. The molecule has 3 atom stereocenters. The topological polar surface area (TPSA) is 180 Å². The summed E-state index contributed by atoms with van der Waals surface area (Å²) in [6.45, 7) is 6.94. The lowest BCUT2D eigenvalue weighted by Gasteiger charge is -2.35. The summed E-state index contributed by atoms with van der Waals surface area (Å²) in [6.07, 6.45) is 0.341. The Balaban J connectivity index is 1.43. The highest BCUT2D eigenvalue weighted by Gasteiger charge is 2.44. The molecule has 1 aliphatic rings. The van der Waals surface area contributed by atoms with Crippen LogP contribution in [0, 0.1) is 12.3 Å². The third-order valence-electron chi connectivity index (χ3n) is 6.75. The minimum atomic E-state index is -1.15. The lowest BCUT2D eigenvalue weighted by Crippen LogP contribution is -2.57. The van der Waals surface area contributed by atoms with Crippen LogP contribution in [0.5, 0.6) is 0 Å². The van der Waals surface area contributed by atoms with Crippen molar-refractivity contribution >= 4 is 35.0 Å². The Bertz CT molecular complexity index is 1430. The van der Waals surface area contributed by atoms with Crippen LogP contribution in [0.15, 0.2) is 36.0 Å². The number of β-amino-alcohol motifs (C(OH)–C–C–N with tert-alkyl or cyclic N) is 1. The highest BCUT2D eigenvalue weighted by atomic mass is 32.1. The molecule has 3 amide bonds. The van der Waals surface area contributed by atoms with Crippen molar-refractivity contribution in [3.63, 3.8) is 0 Å². The van der Waals surface area contributed by atoms with Crippen molar-refractivity contribution in [2.75, 3.05) is 6.54 Å². The number of hydrogen-bond acceptors (Lipinski definition) is 9. The number of amides is 3. The fourth-order valence-corrected chi connectivity index (χ4v) is 5.42. The second-order valence-electron chi connectivity index (χ2n) is 11.0. The fraction of sp³-hybridized carbons (Fsp3) is 0.444. The maximum atomic E-state index is 13.7. The third-order valence-corrected chi connectivity index (χ3v) is 7.73. The van der Waals surface area contributed by atoms with Gasteiger partial charge in [-0.25, -0.2) is 9.67 Å². The number of thiazole rings is 1. The van der Waals surface area contributed by atoms with E-state index in [9.17, 15) is 24.3 Å². The van der Waals surface area contributed by atoms with Crippen LogP contribution in [0.25, 0.3) is 10.4 Å². The fourth-order valence-electron chi connectivity index (χ4n) is 4.60. The van der Waals surface area contributed by atoms with E-state index in [1.807, 2.05) is 31.2 Å². The van der Waals surface area contributed by atoms with Gasteiger partial charge in [0.1, 0.15) is 18.6 Å². The molecule has 1 aliphatic heterocycles. The maximum Gasteiger partial charge on any atom is 0.325 e. The summed E-state index contributed by atoms with van der Waals surface area (Å²) in [5.74, 6) is -2.80. The first kappa shape index (κ1) is 29.8. The molecule has 1 saturated heterocycles. The van der Waals surface area contributed by atoms with Gasteiger partial charge < -0.3 is 25.7 Å². The van der Waals surface area contributed by atoms with Gasteiger partial charge in [0.2, 0.25) is 11.8 Å². The maximum absolute atomic E-state index is 13.7. The number of rotatable bonds is 9. The second kappa shape index (κ2) is 12.1. The summed E-state index contributed by atoms with van der Waals surface area (Å²) in [5.41, 5.74) is 3.74. The molecule has 0 spiro atoms. The first-order chi connectivity index (χ1) is 19.3. The molecule has 0 unspecified atom stereocenters. The first-order valence-electron chi connectivity index (χ1n) is 13.0. The minimum absolute atomic E-state index is 0.0585. The van der Waals surface area contributed by atoms with Gasteiger partial charge in [-0.2, -0.15) is 0 Å². The number of carbonyl (C=O) groups is 4. The molecule has 41 heavy (non-hydrogen) atoms. The minimum Gasteiger partial charge on any atom is -0.480 e. The summed E-state index contributed by atoms with van der Waals surface area (Å²) in [7, 11) is 0. The SMILES string of the molecule is Cc1ncsc1-c1ccc(CNC(=O)[C@@H]2C[C@@H](O)CN2C(=O)[C@H](NC(=O)c2cn(CC(=O)O)nn2)C(C)(C)C)cc1. The van der Waals surface area contributed by atoms with Gasteiger partial charge in [0.25, 0.3) is 5.91 Å². The van der Waals surface area contributed by atoms with Crippen LogP contribution in [-0.4, -0.2) is 83.5 Å². The highest BCUT2D eigenvalue weighted by molar-refractivity contribution is 7.13. The second-order valence-corrected chi connectivity index (χ2v) is 11.9. The number of aryl methyl sites for hydroxylation is 1. The van der Waals surface area contributed by atoms with Crippen LogP contribution in [0.1, 0.15) is 48.9 Å². The zero-order chi connectivity index (χ0) is 29.9. The van der Waals surface area contributed by atoms with E-state index in [0.717, 1.165) is 26.4 Å². The predicted octanol–water partition coefficient (Wildman–Crippen LogP) is 1.22. The van der Waals surface area contributed by atoms with E-state index in [0.29, 0.717) is 0 Å². The number of carboxylic acid groups (broad SMARTS) is 1. The summed E-state index contributed by atoms with van der Waals surface area (Å²) in [5, 5.41) is 32.1. The lowest BCUT2D eigenvalue weighted by molar-refractivity contribution is -0.142. The van der Waals surface area contributed by atoms with Gasteiger partial charge in [-0.3, -0.25) is 19.2 Å². The average molecular weight is 584 g/mol. The van der Waals surface area contributed by atoms with Crippen molar-refractivity contribution in [3.8, 4) is 10.4 Å². The number of aliphatic hydroxyl groups is 1. The summed E-state index contributed by atoms with van der Waals surface area (Å²) >= 11 is 1.56. The molecule has 4 rings (SSSR count). The Kier molecular flexibility index (Phi) is 8.83. The molecular formula is C27H33N7O6S. The van der Waals surface area contributed by atoms with Crippen LogP contribution >= 0.6 is 11.3 Å². The van der Waals surface area contributed by atoms with Crippen LogP contribution < -0.4 is 10.6 Å². The zero-order valence-electron chi connectivity index (χ0n) is 23.2. The third kappa shape index (κ3) is 7.13. The highest BCUT2D eigenvalue weighted by Crippen LogP contribution is 2.28. The van der Waals surface area contributed by atoms with Gasteiger partial charge in [-0.15, -0.1) is 16.4 Å². The van der Waals surface area contributed by atoms with E-state index in [-0.39, 0.29) is 25.2 Å². The van der Waals surface area contributed by atoms with Crippen molar-refractivity contribution in [1.82, 2.24) is 35.5 Å². The first-order valence-corrected chi connectivity index (χ1v) is 13.9. The van der Waals surface area contributed by atoms with Crippen molar-refractivity contribution < 1.29 is 29.4 Å². The lowest BCUT2D eigenvalue weighted by atomic mass is 9.85. The van der Waals surface area contributed by atoms with Crippen LogP contribution in [0.4, 0.5) is 0 Å². The number of benzene rings is 1. The van der Waals surface area contributed by atoms with Crippen molar-refractivity contribution in [2.45, 2.75) is 65.4 Å². The standard InChI is InChI=1S/C27H33N7O6S/c1-15-22(41-14-29-15)17-7-5-16(6-8-17)10-28-25(39)20-9-18(35)11-34(20)26(40)23(27(2,3)4)30-24(38)19-12-33(32-31-19)13-21(36)37/h5-8,12,14,18,20,23,35H,9-11,13H2,1-4H3,(H,28,39)(H,30,38)(H,36,37)/t18-,20+,23+/m1/s1. The van der Waals surface area contributed by atoms with Gasteiger partial charge in [0.05, 0.1) is 28.4 Å². The molecule has 2 aromatic heterocycles. The van der Waals surface area contributed by atoms with E-state index in [1.54, 1.807) is 37.6 Å². The van der Waals surface area contributed by atoms with Crippen LogP contribution in [-0.2, 0) is 27.5 Å². The Morgan fingerprint density at radius 1 is 1.17 bits per heavy atom. The molecular weight excluding hydrogens is 550 g/mol. The van der Waals surface area contributed by atoms with Gasteiger partial charge >= 0.3 is 5.97 Å². The molecule has 0 saturated carbocycles. The molecule has 1 fully saturated rings. The average Bonchev–Trinajstić information content (AvgIpc) is 3.64. The number of likely N-dealkylation sites (tertiary alicyclic amines) is 1. The Morgan fingerprint density at radius 3 is 2.49 bits per heavy atom. The number of aliphatic carboxylic acids is 1. The number of aliphatic hydroxyl groups excluding tert-OH is 1. The number of carboxylic acids is 1. The molecule has 4 N–H and O–H groups in total. The Morgan fingerprint density at radius 2 is 1.88 bits per heavy atom. The molecule has 13 nitrogen and oxygen atoms in total. The summed E-state index contributed by atoms with van der Waals surface area (Å²) in [6, 6.07) is 5.78. The number of nitrogens with zero attached hydrogens (tertiary/aromatic N) is 5. The molecule has 14 heteroatoms. The van der Waals surface area contributed by atoms with Gasteiger partial charge in [-0.05, 0) is 23.5 Å². The molecule has 3 aromatic rings. The van der Waals surface area contributed by atoms with Gasteiger partial charge in [0, 0.05) is 19.5 Å². The van der Waals surface area contributed by atoms with Gasteiger partial charge in [0.15, 0.2) is 5.69 Å². The van der Waals surface area contributed by atoms with Crippen molar-refractivity contribution in [1.29, 1.82) is 0 Å². The molecule has 0 radical (unpaired) electrons. The molecule has 0 aliphatic carbocycles. The predicted molar refractivity (Wildman–Crippen MR) is 149 cm³/mol.